The summed E-state index contributed by atoms with van der Waals surface area (Å²) in [6.45, 7) is 2.03. The van der Waals surface area contributed by atoms with E-state index in [-0.39, 0.29) is 0 Å². The smallest absolute Gasteiger partial charge is 0.0930 e. The third kappa shape index (κ3) is 3.28. The molecule has 0 atom stereocenters. The highest BCUT2D eigenvalue weighted by Gasteiger charge is 2.04. The first-order valence-electron chi connectivity index (χ1n) is 7.26. The standard InChI is InChI=1S/C17H20N4/c1-20(2)10-5-11-21-13-15-8-7-14(12-17(15)19-21)16-6-3-4-9-18-16/h3-4,6-9,12-13H,5,10-11H2,1-2H3. The van der Waals surface area contributed by atoms with E-state index in [0.29, 0.717) is 0 Å². The van der Waals surface area contributed by atoms with Crippen molar-refractivity contribution in [2.75, 3.05) is 20.6 Å². The maximum atomic E-state index is 4.67. The van der Waals surface area contributed by atoms with Gasteiger partial charge in [-0.05, 0) is 45.3 Å². The van der Waals surface area contributed by atoms with Crippen LogP contribution in [-0.4, -0.2) is 40.3 Å². The van der Waals surface area contributed by atoms with Gasteiger partial charge in [-0.2, -0.15) is 5.10 Å². The zero-order valence-electron chi connectivity index (χ0n) is 12.5. The average Bonchev–Trinajstić information content (AvgIpc) is 2.89. The van der Waals surface area contributed by atoms with E-state index in [9.17, 15) is 0 Å². The van der Waals surface area contributed by atoms with E-state index in [2.05, 4.69) is 53.5 Å². The van der Waals surface area contributed by atoms with Crippen molar-refractivity contribution in [3.63, 3.8) is 0 Å². The maximum absolute atomic E-state index is 4.67. The highest BCUT2D eigenvalue weighted by molar-refractivity contribution is 5.83. The van der Waals surface area contributed by atoms with E-state index in [1.807, 2.05) is 29.1 Å². The maximum Gasteiger partial charge on any atom is 0.0930 e. The molecule has 0 fully saturated rings. The molecule has 0 aliphatic rings. The van der Waals surface area contributed by atoms with Crippen LogP contribution in [0.3, 0.4) is 0 Å². The van der Waals surface area contributed by atoms with Crippen LogP contribution in [0.5, 0.6) is 0 Å². The van der Waals surface area contributed by atoms with Gasteiger partial charge in [0.1, 0.15) is 0 Å². The Kier molecular flexibility index (Phi) is 3.97. The number of aryl methyl sites for hydroxylation is 1. The molecule has 0 spiro atoms. The molecule has 21 heavy (non-hydrogen) atoms. The molecule has 1 aromatic carbocycles. The fourth-order valence-corrected chi connectivity index (χ4v) is 2.42. The molecule has 4 heteroatoms. The van der Waals surface area contributed by atoms with Crippen LogP contribution in [0.25, 0.3) is 22.2 Å². The van der Waals surface area contributed by atoms with Gasteiger partial charge < -0.3 is 4.90 Å². The Morgan fingerprint density at radius 2 is 2.05 bits per heavy atom. The summed E-state index contributed by atoms with van der Waals surface area (Å²) in [7, 11) is 4.19. The topological polar surface area (TPSA) is 34.0 Å². The van der Waals surface area contributed by atoms with Gasteiger partial charge in [-0.1, -0.05) is 18.2 Å². The van der Waals surface area contributed by atoms with Crippen LogP contribution in [-0.2, 0) is 6.54 Å². The van der Waals surface area contributed by atoms with Gasteiger partial charge in [-0.25, -0.2) is 0 Å². The van der Waals surface area contributed by atoms with Crippen molar-refractivity contribution < 1.29 is 0 Å². The molecule has 2 aromatic heterocycles. The van der Waals surface area contributed by atoms with Gasteiger partial charge in [0.05, 0.1) is 11.2 Å². The fraction of sp³-hybridized carbons (Fsp3) is 0.294. The fourth-order valence-electron chi connectivity index (χ4n) is 2.42. The van der Waals surface area contributed by atoms with Crippen molar-refractivity contribution in [1.82, 2.24) is 19.7 Å². The second kappa shape index (κ2) is 6.06. The number of hydrogen-bond acceptors (Lipinski definition) is 3. The first-order valence-corrected chi connectivity index (χ1v) is 7.26. The Labute approximate surface area is 125 Å². The predicted octanol–water partition coefficient (Wildman–Crippen LogP) is 3.05. The second-order valence-corrected chi connectivity index (χ2v) is 5.54. The minimum absolute atomic E-state index is 0.950. The lowest BCUT2D eigenvalue weighted by molar-refractivity contribution is 0.381. The molecule has 0 bridgehead atoms. The molecule has 3 rings (SSSR count). The molecule has 0 aliphatic carbocycles. The normalized spacial score (nSPS) is 11.4. The Balaban J connectivity index is 1.82. The Hall–Kier alpha value is -2.20. The summed E-state index contributed by atoms with van der Waals surface area (Å²) >= 11 is 0. The summed E-state index contributed by atoms with van der Waals surface area (Å²) in [5.41, 5.74) is 3.13. The molecule has 108 valence electrons. The zero-order valence-corrected chi connectivity index (χ0v) is 12.5. The molecule has 2 heterocycles. The van der Waals surface area contributed by atoms with E-state index < -0.39 is 0 Å². The molecule has 0 radical (unpaired) electrons. The van der Waals surface area contributed by atoms with Gasteiger partial charge in [-0.3, -0.25) is 9.67 Å². The minimum atomic E-state index is 0.950. The van der Waals surface area contributed by atoms with Crippen LogP contribution in [0.4, 0.5) is 0 Å². The zero-order chi connectivity index (χ0) is 14.7. The number of hydrogen-bond donors (Lipinski definition) is 0. The highest BCUT2D eigenvalue weighted by Crippen LogP contribution is 2.21. The van der Waals surface area contributed by atoms with Crippen LogP contribution in [0.1, 0.15) is 6.42 Å². The van der Waals surface area contributed by atoms with E-state index in [1.54, 1.807) is 0 Å². The quantitative estimate of drug-likeness (QED) is 0.720. The molecule has 4 nitrogen and oxygen atoms in total. The van der Waals surface area contributed by atoms with Gasteiger partial charge in [0.2, 0.25) is 0 Å². The van der Waals surface area contributed by atoms with Crippen molar-refractivity contribution >= 4 is 10.9 Å². The minimum Gasteiger partial charge on any atom is -0.309 e. The van der Waals surface area contributed by atoms with Gasteiger partial charge in [0.15, 0.2) is 0 Å². The molecule has 0 amide bonds. The lowest BCUT2D eigenvalue weighted by Gasteiger charge is -2.08. The van der Waals surface area contributed by atoms with Crippen LogP contribution in [0.15, 0.2) is 48.8 Å². The summed E-state index contributed by atoms with van der Waals surface area (Å²) in [6, 6.07) is 12.3. The first kappa shape index (κ1) is 13.8. The van der Waals surface area contributed by atoms with Crippen LogP contribution in [0, 0.1) is 0 Å². The number of nitrogens with zero attached hydrogens (tertiary/aromatic N) is 4. The van der Waals surface area contributed by atoms with Crippen molar-refractivity contribution in [2.24, 2.45) is 0 Å². The van der Waals surface area contributed by atoms with E-state index in [0.717, 1.165) is 36.3 Å². The van der Waals surface area contributed by atoms with E-state index >= 15 is 0 Å². The van der Waals surface area contributed by atoms with Crippen molar-refractivity contribution in [3.8, 4) is 11.3 Å². The Morgan fingerprint density at radius 1 is 1.14 bits per heavy atom. The summed E-state index contributed by atoms with van der Waals surface area (Å²) in [5, 5.41) is 5.85. The molecule has 0 saturated heterocycles. The van der Waals surface area contributed by atoms with E-state index in [4.69, 9.17) is 0 Å². The highest BCUT2D eigenvalue weighted by atomic mass is 15.3. The van der Waals surface area contributed by atoms with Crippen LogP contribution < -0.4 is 0 Å². The molecular formula is C17H20N4. The summed E-state index contributed by atoms with van der Waals surface area (Å²) < 4.78 is 2.04. The number of aromatic nitrogens is 3. The Bertz CT molecular complexity index is 716. The predicted molar refractivity (Wildman–Crippen MR) is 86.1 cm³/mol. The lowest BCUT2D eigenvalue weighted by Crippen LogP contribution is -2.15. The largest absolute Gasteiger partial charge is 0.309 e. The van der Waals surface area contributed by atoms with Crippen LogP contribution >= 0.6 is 0 Å². The Morgan fingerprint density at radius 3 is 2.81 bits per heavy atom. The third-order valence-electron chi connectivity index (χ3n) is 3.51. The lowest BCUT2D eigenvalue weighted by atomic mass is 10.1. The van der Waals surface area contributed by atoms with Gasteiger partial charge >= 0.3 is 0 Å². The number of benzene rings is 1. The molecule has 0 aliphatic heterocycles. The molecule has 3 aromatic rings. The van der Waals surface area contributed by atoms with Gasteiger partial charge in [0, 0.05) is 29.9 Å². The molecular weight excluding hydrogens is 260 g/mol. The third-order valence-corrected chi connectivity index (χ3v) is 3.51. The van der Waals surface area contributed by atoms with E-state index in [1.165, 1.54) is 5.39 Å². The molecule has 0 N–H and O–H groups in total. The summed E-state index contributed by atoms with van der Waals surface area (Å²) in [5.74, 6) is 0. The second-order valence-electron chi connectivity index (χ2n) is 5.54. The summed E-state index contributed by atoms with van der Waals surface area (Å²) in [6.07, 6.45) is 5.04. The number of rotatable bonds is 5. The monoisotopic (exact) mass is 280 g/mol. The van der Waals surface area contributed by atoms with Crippen molar-refractivity contribution in [3.05, 3.63) is 48.8 Å². The van der Waals surface area contributed by atoms with Gasteiger partial charge in [-0.15, -0.1) is 0 Å². The van der Waals surface area contributed by atoms with Gasteiger partial charge in [0.25, 0.3) is 0 Å². The molecule has 0 saturated carbocycles. The SMILES string of the molecule is CN(C)CCCn1cc2ccc(-c3ccccn3)cc2n1. The number of pyridine rings is 1. The average molecular weight is 280 g/mol. The van der Waals surface area contributed by atoms with Crippen LogP contribution in [0.2, 0.25) is 0 Å². The van der Waals surface area contributed by atoms with Crippen molar-refractivity contribution in [2.45, 2.75) is 13.0 Å². The summed E-state index contributed by atoms with van der Waals surface area (Å²) in [4.78, 5) is 6.59. The molecule has 0 unspecified atom stereocenters. The number of fused-ring (bicyclic) bond motifs is 1. The first-order chi connectivity index (χ1) is 10.2. The van der Waals surface area contributed by atoms with Crippen molar-refractivity contribution in [1.29, 1.82) is 0 Å².